The maximum atomic E-state index is 15.4. The van der Waals surface area contributed by atoms with Gasteiger partial charge in [-0.2, -0.15) is 0 Å². The molecule has 3 unspecified atom stereocenters. The minimum atomic E-state index is -1.66. The minimum Gasteiger partial charge on any atom is -0.391 e. The summed E-state index contributed by atoms with van der Waals surface area (Å²) >= 11 is 0. The van der Waals surface area contributed by atoms with E-state index in [1.807, 2.05) is 69.2 Å². The highest BCUT2D eigenvalue weighted by Gasteiger charge is 2.45. The van der Waals surface area contributed by atoms with Crippen LogP contribution in [0.1, 0.15) is 212 Å². The van der Waals surface area contributed by atoms with Gasteiger partial charge in [-0.3, -0.25) is 57.5 Å². The molecule has 0 spiro atoms. The molecule has 2 aliphatic carbocycles. The smallest absolute Gasteiger partial charge is 0.248 e. The molecule has 4 fully saturated rings. The van der Waals surface area contributed by atoms with Gasteiger partial charge in [-0.25, -0.2) is 4.39 Å². The maximum Gasteiger partial charge on any atom is 0.248 e. The second-order valence-electron chi connectivity index (χ2n) is 32.2. The van der Waals surface area contributed by atoms with Gasteiger partial charge in [-0.15, -0.1) is 0 Å². The molecule has 0 aromatic rings. The number of piperidine rings is 1. The van der Waals surface area contributed by atoms with Gasteiger partial charge in [0.15, 0.2) is 0 Å². The first-order valence-electron chi connectivity index (χ1n) is 37.5. The summed E-state index contributed by atoms with van der Waals surface area (Å²) in [6.07, 6.45) is 2.18. The summed E-state index contributed by atoms with van der Waals surface area (Å²) < 4.78 is 15.4. The van der Waals surface area contributed by atoms with Crippen molar-refractivity contribution in [2.75, 3.05) is 61.9 Å². The Kier molecular flexibility index (Phi) is 34.9. The highest BCUT2D eigenvalue weighted by molar-refractivity contribution is 6.00. The molecule has 26 nitrogen and oxygen atoms in total. The van der Waals surface area contributed by atoms with Gasteiger partial charge in [0.25, 0.3) is 0 Å². The Bertz CT molecular complexity index is 2790. The van der Waals surface area contributed by atoms with Crippen LogP contribution in [0.5, 0.6) is 0 Å². The van der Waals surface area contributed by atoms with E-state index in [2.05, 4.69) is 26.6 Å². The molecular formula is C74H129FN12O14. The number of likely N-dealkylation sites (N-methyl/N-ethyl adjacent to an activating group) is 6. The van der Waals surface area contributed by atoms with Crippen LogP contribution in [-0.2, 0) is 57.5 Å². The third kappa shape index (κ3) is 25.7. The number of likely N-dealkylation sites (tertiary alicyclic amines) is 1. The molecule has 101 heavy (non-hydrogen) atoms. The number of halogens is 1. The standard InChI is InChI=1S/C74H129FN12O14/c1-42(2)32-52-69(96)83(16)57(35-45(7)8)68(95)80-64(48(13)88)73(100)81(14)41-62(91)82(15)55(33-43(3)4)65(92)77-53(38-50-28-29-60(89)51(75)37-50)70(97)86(19)59(36-46(9)10)72(99)84(17)56(34-44(5)6)66(93)78-54(71(98)87-30-24-21-25-31-87)40-61(90)79-63(47(11)12)74(101)85(18)58(67(94)76-52)39-49-26-22-20-23-27-49/h42-60,63-64,88-89H,20-41H2,1-19H3,(H,76,94)(H,77,92)(H,78,93)(H,79,90)(H,80,95)/t48-,50?,51?,52+,53+,54+,55+,56+,57+,58+,59+,60?,63-,64+/m1/s1. The van der Waals surface area contributed by atoms with Crippen molar-refractivity contribution >= 4 is 70.9 Å². The molecule has 4 aliphatic rings. The Balaban J connectivity index is 1.97. The molecule has 576 valence electrons. The lowest BCUT2D eigenvalue weighted by Crippen LogP contribution is -2.62. The van der Waals surface area contributed by atoms with E-state index in [-0.39, 0.29) is 93.3 Å². The van der Waals surface area contributed by atoms with Crippen molar-refractivity contribution in [2.24, 2.45) is 47.3 Å². The van der Waals surface area contributed by atoms with Gasteiger partial charge in [0, 0.05) is 55.4 Å². The number of aliphatic hydroxyl groups is 2. The van der Waals surface area contributed by atoms with Crippen LogP contribution in [0, 0.1) is 47.3 Å². The Morgan fingerprint density at radius 1 is 0.455 bits per heavy atom. The molecule has 2 heterocycles. The molecule has 0 aromatic heterocycles. The number of carbonyl (C=O) groups excluding carboxylic acids is 12. The Morgan fingerprint density at radius 2 is 0.901 bits per heavy atom. The SMILES string of the molecule is CC(C)C[C@@H]1NC(=O)[C@H](CC2CCCCC2)N(C)C(=O)[C@@H](C(C)C)NC(=O)C[C@@H](C(=O)N2CCCCC2)NC(=O)[C@H](CC(C)C)N(C)C(=O)[C@H](CC(C)C)N(C)C(=O)[C@H](CC2CCC(O)C(F)C2)NC(=O)[C@H](CC(C)C)N(C)C(=O)CN(C)C(=O)[C@H]([C@@H](C)O)NC(=O)[C@H](CC(C)C)N(C)C1=O. The van der Waals surface area contributed by atoms with Gasteiger partial charge >= 0.3 is 0 Å². The van der Waals surface area contributed by atoms with Crippen LogP contribution in [0.25, 0.3) is 0 Å². The summed E-state index contributed by atoms with van der Waals surface area (Å²) in [6, 6.07) is -13.4. The molecule has 2 saturated heterocycles. The third-order valence-electron chi connectivity index (χ3n) is 20.7. The lowest BCUT2D eigenvalue weighted by atomic mass is 9.82. The molecule has 2 aliphatic heterocycles. The van der Waals surface area contributed by atoms with Crippen LogP contribution in [0.4, 0.5) is 4.39 Å². The Labute approximate surface area is 601 Å². The quantitative estimate of drug-likeness (QED) is 0.105. The average Bonchev–Trinajstić information content (AvgIpc) is 0.823. The van der Waals surface area contributed by atoms with Gasteiger partial charge in [0.05, 0.1) is 25.2 Å². The number of hydrogen-bond acceptors (Lipinski definition) is 14. The summed E-state index contributed by atoms with van der Waals surface area (Å²) in [6.45, 7) is 23.2. The van der Waals surface area contributed by atoms with Crippen LogP contribution in [0.15, 0.2) is 0 Å². The lowest BCUT2D eigenvalue weighted by Gasteiger charge is -2.39. The molecule has 27 heteroatoms. The van der Waals surface area contributed by atoms with E-state index >= 15 is 38.0 Å². The van der Waals surface area contributed by atoms with Crippen LogP contribution in [-0.4, -0.2) is 256 Å². The molecule has 7 N–H and O–H groups in total. The van der Waals surface area contributed by atoms with Crippen molar-refractivity contribution < 1.29 is 72.1 Å². The van der Waals surface area contributed by atoms with Crippen LogP contribution in [0.2, 0.25) is 0 Å². The van der Waals surface area contributed by atoms with E-state index in [4.69, 9.17) is 0 Å². The Morgan fingerprint density at radius 3 is 1.42 bits per heavy atom. The predicted molar refractivity (Wildman–Crippen MR) is 383 cm³/mol. The summed E-state index contributed by atoms with van der Waals surface area (Å²) in [5, 5.41) is 35.9. The van der Waals surface area contributed by atoms with Crippen molar-refractivity contribution in [2.45, 2.75) is 291 Å². The molecule has 2 saturated carbocycles. The zero-order valence-corrected chi connectivity index (χ0v) is 64.5. The maximum absolute atomic E-state index is 15.4. The van der Waals surface area contributed by atoms with Gasteiger partial charge in [-0.1, -0.05) is 115 Å². The van der Waals surface area contributed by atoms with E-state index in [0.29, 0.717) is 32.4 Å². The number of alkyl halides is 1. The summed E-state index contributed by atoms with van der Waals surface area (Å²) in [5.74, 6) is -10.9. The van der Waals surface area contributed by atoms with Crippen molar-refractivity contribution in [3.63, 3.8) is 0 Å². The molecule has 0 bridgehead atoms. The Hall–Kier alpha value is -6.51. The number of nitrogens with zero attached hydrogens (tertiary/aromatic N) is 7. The summed E-state index contributed by atoms with van der Waals surface area (Å²) in [4.78, 5) is 189. The number of hydrogen-bond donors (Lipinski definition) is 7. The van der Waals surface area contributed by atoms with Crippen molar-refractivity contribution in [1.82, 2.24) is 60.9 Å². The van der Waals surface area contributed by atoms with Gasteiger partial charge in [-0.05, 0) is 138 Å². The topological polar surface area (TPSA) is 328 Å². The van der Waals surface area contributed by atoms with Crippen molar-refractivity contribution in [1.29, 1.82) is 0 Å². The van der Waals surface area contributed by atoms with E-state index in [1.165, 1.54) is 68.8 Å². The fourth-order valence-electron chi connectivity index (χ4n) is 14.6. The second-order valence-corrected chi connectivity index (χ2v) is 32.2. The zero-order chi connectivity index (χ0) is 76.2. The fourth-order valence-corrected chi connectivity index (χ4v) is 14.6. The first-order chi connectivity index (χ1) is 47.2. The van der Waals surface area contributed by atoms with Crippen LogP contribution in [0.3, 0.4) is 0 Å². The highest BCUT2D eigenvalue weighted by atomic mass is 19.1. The van der Waals surface area contributed by atoms with Crippen LogP contribution < -0.4 is 26.6 Å². The van der Waals surface area contributed by atoms with E-state index in [9.17, 15) is 34.2 Å². The number of nitrogens with one attached hydrogen (secondary N) is 5. The molecule has 12 amide bonds. The van der Waals surface area contributed by atoms with Crippen LogP contribution >= 0.6 is 0 Å². The molecule has 0 aromatic carbocycles. The first-order valence-corrected chi connectivity index (χ1v) is 37.5. The third-order valence-corrected chi connectivity index (χ3v) is 20.7. The lowest BCUT2D eigenvalue weighted by molar-refractivity contribution is -0.151. The largest absolute Gasteiger partial charge is 0.391 e. The molecule has 14 atom stereocenters. The second kappa shape index (κ2) is 40.5. The van der Waals surface area contributed by atoms with E-state index in [1.54, 1.807) is 18.7 Å². The van der Waals surface area contributed by atoms with E-state index < -0.39 is 174 Å². The number of carbonyl (C=O) groups is 12. The first kappa shape index (κ1) is 86.9. The van der Waals surface area contributed by atoms with Gasteiger partial charge in [0.1, 0.15) is 66.6 Å². The van der Waals surface area contributed by atoms with Gasteiger partial charge < -0.3 is 71.1 Å². The monoisotopic (exact) mass is 1430 g/mol. The zero-order valence-electron chi connectivity index (χ0n) is 64.5. The molecular weight excluding hydrogens is 1300 g/mol. The van der Waals surface area contributed by atoms with Crippen molar-refractivity contribution in [3.05, 3.63) is 0 Å². The number of aliphatic hydroxyl groups excluding tert-OH is 2. The summed E-state index contributed by atoms with van der Waals surface area (Å²) in [5.41, 5.74) is 0. The fraction of sp³-hybridized carbons (Fsp3) is 0.838. The highest BCUT2D eigenvalue weighted by Crippen LogP contribution is 2.33. The normalized spacial score (nSPS) is 29.2. The van der Waals surface area contributed by atoms with Crippen molar-refractivity contribution in [3.8, 4) is 0 Å². The number of rotatable bonds is 17. The molecule has 0 radical (unpaired) electrons. The van der Waals surface area contributed by atoms with E-state index in [0.717, 1.165) is 48.3 Å². The minimum absolute atomic E-state index is 0.0107. The predicted octanol–water partition coefficient (Wildman–Crippen LogP) is 4.55. The average molecular weight is 1430 g/mol. The summed E-state index contributed by atoms with van der Waals surface area (Å²) in [7, 11) is 8.37. The van der Waals surface area contributed by atoms with Gasteiger partial charge in [0.2, 0.25) is 70.9 Å². The molecule has 4 rings (SSSR count). The number of amides is 12.